The SMILES string of the molecule is N#Cc1ccccc1CSc1nnc(CN2CCCC2)o1.O=C(O)C(=O)O. The zero-order valence-electron chi connectivity index (χ0n) is 14.4. The monoisotopic (exact) mass is 390 g/mol. The van der Waals surface area contributed by atoms with Crippen LogP contribution in [0.2, 0.25) is 0 Å². The molecule has 27 heavy (non-hydrogen) atoms. The van der Waals surface area contributed by atoms with E-state index in [1.165, 1.54) is 24.6 Å². The molecule has 2 heterocycles. The van der Waals surface area contributed by atoms with E-state index in [1.54, 1.807) is 0 Å². The predicted molar refractivity (Wildman–Crippen MR) is 94.8 cm³/mol. The van der Waals surface area contributed by atoms with Crippen molar-refractivity contribution in [1.29, 1.82) is 5.26 Å². The molecule has 142 valence electrons. The van der Waals surface area contributed by atoms with Gasteiger partial charge in [0.25, 0.3) is 5.22 Å². The summed E-state index contributed by atoms with van der Waals surface area (Å²) in [6.07, 6.45) is 2.50. The Kier molecular flexibility index (Phi) is 7.79. The van der Waals surface area contributed by atoms with E-state index in [9.17, 15) is 0 Å². The van der Waals surface area contributed by atoms with E-state index in [0.29, 0.717) is 22.4 Å². The molecule has 1 saturated heterocycles. The zero-order valence-corrected chi connectivity index (χ0v) is 15.2. The van der Waals surface area contributed by atoms with Crippen molar-refractivity contribution in [2.75, 3.05) is 13.1 Å². The molecule has 2 aromatic rings. The van der Waals surface area contributed by atoms with Crippen LogP contribution < -0.4 is 0 Å². The van der Waals surface area contributed by atoms with Gasteiger partial charge in [-0.2, -0.15) is 5.26 Å². The van der Waals surface area contributed by atoms with Crippen molar-refractivity contribution >= 4 is 23.7 Å². The van der Waals surface area contributed by atoms with Gasteiger partial charge in [0, 0.05) is 5.75 Å². The number of carboxylic acids is 2. The fraction of sp³-hybridized carbons (Fsp3) is 0.353. The number of thioether (sulfide) groups is 1. The van der Waals surface area contributed by atoms with E-state index in [1.807, 2.05) is 24.3 Å². The van der Waals surface area contributed by atoms with E-state index in [-0.39, 0.29) is 0 Å². The molecule has 1 aromatic carbocycles. The molecule has 0 bridgehead atoms. The van der Waals surface area contributed by atoms with Gasteiger partial charge in [-0.05, 0) is 37.6 Å². The summed E-state index contributed by atoms with van der Waals surface area (Å²) in [7, 11) is 0. The summed E-state index contributed by atoms with van der Waals surface area (Å²) in [4.78, 5) is 20.5. The number of nitriles is 1. The highest BCUT2D eigenvalue weighted by atomic mass is 32.2. The Balaban J connectivity index is 0.000000380. The Morgan fingerprint density at radius 3 is 2.48 bits per heavy atom. The minimum atomic E-state index is -1.82. The van der Waals surface area contributed by atoms with E-state index in [4.69, 9.17) is 29.5 Å². The van der Waals surface area contributed by atoms with Gasteiger partial charge in [0.05, 0.1) is 18.2 Å². The molecule has 3 rings (SSSR count). The second-order valence-electron chi connectivity index (χ2n) is 5.61. The molecular formula is C17H18N4O5S. The van der Waals surface area contributed by atoms with Crippen LogP contribution in [0.3, 0.4) is 0 Å². The molecule has 2 N–H and O–H groups in total. The largest absolute Gasteiger partial charge is 0.473 e. The first kappa shape index (κ1) is 20.4. The van der Waals surface area contributed by atoms with Crippen molar-refractivity contribution in [2.24, 2.45) is 0 Å². The van der Waals surface area contributed by atoms with Crippen LogP contribution in [0, 0.1) is 11.3 Å². The molecule has 0 saturated carbocycles. The maximum absolute atomic E-state index is 9.10. The lowest BCUT2D eigenvalue weighted by Crippen LogP contribution is -2.18. The minimum Gasteiger partial charge on any atom is -0.473 e. The van der Waals surface area contributed by atoms with Crippen LogP contribution >= 0.6 is 11.8 Å². The predicted octanol–water partition coefficient (Wildman–Crippen LogP) is 1.98. The Bertz CT molecular complexity index is 815. The van der Waals surface area contributed by atoms with Crippen LogP contribution in [0.1, 0.15) is 29.9 Å². The maximum atomic E-state index is 9.10. The second kappa shape index (κ2) is 10.3. The lowest BCUT2D eigenvalue weighted by molar-refractivity contribution is -0.159. The normalized spacial score (nSPS) is 13.4. The van der Waals surface area contributed by atoms with Crippen LogP contribution in [0.15, 0.2) is 33.9 Å². The second-order valence-corrected chi connectivity index (χ2v) is 6.54. The fourth-order valence-corrected chi connectivity index (χ4v) is 3.17. The molecule has 0 spiro atoms. The Labute approximate surface area is 159 Å². The molecule has 1 aromatic heterocycles. The van der Waals surface area contributed by atoms with E-state index in [0.717, 1.165) is 25.2 Å². The maximum Gasteiger partial charge on any atom is 0.414 e. The molecular weight excluding hydrogens is 372 g/mol. The van der Waals surface area contributed by atoms with Crippen molar-refractivity contribution in [2.45, 2.75) is 30.4 Å². The smallest absolute Gasteiger partial charge is 0.414 e. The summed E-state index contributed by atoms with van der Waals surface area (Å²) in [6.45, 7) is 2.96. The quantitative estimate of drug-likeness (QED) is 0.575. The summed E-state index contributed by atoms with van der Waals surface area (Å²) in [6, 6.07) is 9.77. The van der Waals surface area contributed by atoms with Crippen LogP contribution in [-0.4, -0.2) is 50.3 Å². The summed E-state index contributed by atoms with van der Waals surface area (Å²) in [5.41, 5.74) is 1.69. The van der Waals surface area contributed by atoms with Gasteiger partial charge >= 0.3 is 11.9 Å². The lowest BCUT2D eigenvalue weighted by atomic mass is 10.1. The number of likely N-dealkylation sites (tertiary alicyclic amines) is 1. The Hall–Kier alpha value is -2.90. The zero-order chi connectivity index (χ0) is 19.6. The molecule has 1 aliphatic rings. The number of hydrogen-bond acceptors (Lipinski definition) is 8. The van der Waals surface area contributed by atoms with Gasteiger partial charge in [-0.3, -0.25) is 4.90 Å². The van der Waals surface area contributed by atoms with Crippen LogP contribution in [-0.2, 0) is 21.9 Å². The number of rotatable bonds is 5. The third-order valence-electron chi connectivity index (χ3n) is 3.68. The number of aliphatic carboxylic acids is 2. The highest BCUT2D eigenvalue weighted by Gasteiger charge is 2.16. The van der Waals surface area contributed by atoms with Crippen molar-refractivity contribution in [3.63, 3.8) is 0 Å². The average molecular weight is 390 g/mol. The molecule has 0 amide bonds. The first-order valence-electron chi connectivity index (χ1n) is 8.11. The molecule has 9 nitrogen and oxygen atoms in total. The van der Waals surface area contributed by atoms with Crippen LogP contribution in [0.5, 0.6) is 0 Å². The topological polar surface area (TPSA) is 141 Å². The first-order chi connectivity index (χ1) is 13.0. The van der Waals surface area contributed by atoms with Gasteiger partial charge in [0.2, 0.25) is 5.89 Å². The van der Waals surface area contributed by atoms with Crippen molar-refractivity contribution in [3.05, 3.63) is 41.3 Å². The average Bonchev–Trinajstić information content (AvgIpc) is 3.33. The molecule has 10 heteroatoms. The summed E-state index contributed by atoms with van der Waals surface area (Å²) >= 11 is 1.47. The number of carbonyl (C=O) groups is 2. The van der Waals surface area contributed by atoms with Crippen molar-refractivity contribution in [1.82, 2.24) is 15.1 Å². The number of aromatic nitrogens is 2. The fourth-order valence-electron chi connectivity index (χ4n) is 2.39. The number of carboxylic acid groups (broad SMARTS) is 2. The van der Waals surface area contributed by atoms with Crippen molar-refractivity contribution in [3.8, 4) is 6.07 Å². The highest BCUT2D eigenvalue weighted by molar-refractivity contribution is 7.98. The molecule has 0 radical (unpaired) electrons. The highest BCUT2D eigenvalue weighted by Crippen LogP contribution is 2.23. The Morgan fingerprint density at radius 1 is 1.19 bits per heavy atom. The van der Waals surface area contributed by atoms with Gasteiger partial charge in [0.15, 0.2) is 0 Å². The van der Waals surface area contributed by atoms with Gasteiger partial charge in [-0.25, -0.2) is 9.59 Å². The number of hydrogen-bond donors (Lipinski definition) is 2. The minimum absolute atomic E-state index is 0.567. The lowest BCUT2D eigenvalue weighted by Gasteiger charge is -2.10. The third kappa shape index (κ3) is 6.73. The number of nitrogens with zero attached hydrogens (tertiary/aromatic N) is 4. The van der Waals surface area contributed by atoms with E-state index in [2.05, 4.69) is 21.2 Å². The van der Waals surface area contributed by atoms with Crippen LogP contribution in [0.4, 0.5) is 0 Å². The van der Waals surface area contributed by atoms with Crippen molar-refractivity contribution < 1.29 is 24.2 Å². The summed E-state index contributed by atoms with van der Waals surface area (Å²) in [5.74, 6) is -2.31. The molecule has 1 aliphatic heterocycles. The summed E-state index contributed by atoms with van der Waals surface area (Å²) < 4.78 is 5.66. The number of benzene rings is 1. The van der Waals surface area contributed by atoms with E-state index >= 15 is 0 Å². The third-order valence-corrected chi connectivity index (χ3v) is 4.55. The van der Waals surface area contributed by atoms with Gasteiger partial charge < -0.3 is 14.6 Å². The van der Waals surface area contributed by atoms with Gasteiger partial charge in [-0.1, -0.05) is 30.0 Å². The Morgan fingerprint density at radius 2 is 1.85 bits per heavy atom. The summed E-state index contributed by atoms with van der Waals surface area (Å²) in [5, 5.41) is 32.6. The standard InChI is InChI=1S/C15H16N4OS.C2H2O4/c16-9-12-5-1-2-6-13(12)11-21-15-18-17-14(20-15)10-19-7-3-4-8-19;3-1(4)2(5)6/h1-2,5-6H,3-4,7-8,10-11H2;(H,3,4)(H,5,6). The van der Waals surface area contributed by atoms with Gasteiger partial charge in [0.1, 0.15) is 0 Å². The molecule has 0 unspecified atom stereocenters. The first-order valence-corrected chi connectivity index (χ1v) is 9.10. The molecule has 1 fully saturated rings. The molecule has 0 atom stereocenters. The van der Waals surface area contributed by atoms with Gasteiger partial charge in [-0.15, -0.1) is 10.2 Å². The van der Waals surface area contributed by atoms with Crippen LogP contribution in [0.25, 0.3) is 0 Å². The molecule has 0 aliphatic carbocycles. The van der Waals surface area contributed by atoms with E-state index < -0.39 is 11.9 Å².